The van der Waals surface area contributed by atoms with Crippen LogP contribution >= 0.6 is 0 Å². The zero-order chi connectivity index (χ0) is 11.8. The molecule has 1 aromatic carbocycles. The highest BCUT2D eigenvalue weighted by Gasteiger charge is 2.20. The summed E-state index contributed by atoms with van der Waals surface area (Å²) in [6.07, 6.45) is 2.71. The fourth-order valence-electron chi connectivity index (χ4n) is 2.61. The minimum Gasteiger partial charge on any atom is -0.343 e. The molecule has 0 spiro atoms. The number of rotatable bonds is 4. The van der Waals surface area contributed by atoms with E-state index in [0.717, 1.165) is 19.1 Å². The Bertz CT molecular complexity index is 535. The van der Waals surface area contributed by atoms with Gasteiger partial charge in [-0.05, 0) is 38.3 Å². The number of hydrogen-bond donors (Lipinski definition) is 1. The predicted molar refractivity (Wildman–Crippen MR) is 72.2 cm³/mol. The summed E-state index contributed by atoms with van der Waals surface area (Å²) in [5.41, 5.74) is 4.20. The maximum Gasteiger partial charge on any atom is 0.0512 e. The second kappa shape index (κ2) is 4.19. The smallest absolute Gasteiger partial charge is 0.0512 e. The molecule has 0 saturated heterocycles. The molecule has 2 nitrogen and oxygen atoms in total. The molecule has 0 unspecified atom stereocenters. The molecule has 1 aliphatic rings. The van der Waals surface area contributed by atoms with Crippen molar-refractivity contribution in [3.05, 3.63) is 35.5 Å². The van der Waals surface area contributed by atoms with Crippen LogP contribution < -0.4 is 5.32 Å². The lowest BCUT2D eigenvalue weighted by Gasteiger charge is -2.10. The summed E-state index contributed by atoms with van der Waals surface area (Å²) in [6, 6.07) is 9.68. The van der Waals surface area contributed by atoms with Crippen LogP contribution in [-0.2, 0) is 13.1 Å². The van der Waals surface area contributed by atoms with E-state index in [-0.39, 0.29) is 0 Å². The van der Waals surface area contributed by atoms with Crippen LogP contribution in [0, 0.1) is 6.92 Å². The molecule has 0 atom stereocenters. The average Bonchev–Trinajstić information content (AvgIpc) is 3.07. The SMILES string of the molecule is CCn1c(CNC2CC2)cc2cccc(C)c21. The van der Waals surface area contributed by atoms with E-state index in [2.05, 4.69) is 48.0 Å². The Morgan fingerprint density at radius 3 is 2.88 bits per heavy atom. The van der Waals surface area contributed by atoms with Gasteiger partial charge in [0.1, 0.15) is 0 Å². The van der Waals surface area contributed by atoms with E-state index in [1.54, 1.807) is 0 Å². The second-order valence-corrected chi connectivity index (χ2v) is 5.05. The van der Waals surface area contributed by atoms with Crippen LogP contribution in [0.15, 0.2) is 24.3 Å². The van der Waals surface area contributed by atoms with Gasteiger partial charge in [0.05, 0.1) is 5.52 Å². The molecule has 0 amide bonds. The topological polar surface area (TPSA) is 17.0 Å². The van der Waals surface area contributed by atoms with Gasteiger partial charge in [0.15, 0.2) is 0 Å². The van der Waals surface area contributed by atoms with Crippen LogP contribution in [0.3, 0.4) is 0 Å². The lowest BCUT2D eigenvalue weighted by Crippen LogP contribution is -2.17. The number of benzene rings is 1. The van der Waals surface area contributed by atoms with Gasteiger partial charge in [-0.25, -0.2) is 0 Å². The summed E-state index contributed by atoms with van der Waals surface area (Å²) in [5.74, 6) is 0. The number of aromatic nitrogens is 1. The third-order valence-electron chi connectivity index (χ3n) is 3.67. The van der Waals surface area contributed by atoms with Crippen molar-refractivity contribution in [2.45, 2.75) is 45.8 Å². The molecule has 1 aliphatic carbocycles. The predicted octanol–water partition coefficient (Wildman–Crippen LogP) is 3.22. The van der Waals surface area contributed by atoms with Crippen LogP contribution in [0.2, 0.25) is 0 Å². The number of hydrogen-bond acceptors (Lipinski definition) is 1. The molecule has 0 radical (unpaired) electrons. The standard InChI is InChI=1S/C15H20N2/c1-3-17-14(10-16-13-7-8-13)9-12-6-4-5-11(2)15(12)17/h4-6,9,13,16H,3,7-8,10H2,1-2H3. The first kappa shape index (κ1) is 10.8. The number of fused-ring (bicyclic) bond motifs is 1. The first-order valence-corrected chi connectivity index (χ1v) is 6.60. The zero-order valence-corrected chi connectivity index (χ0v) is 10.7. The summed E-state index contributed by atoms with van der Waals surface area (Å²) in [6.45, 7) is 6.49. The Labute approximate surface area is 103 Å². The lowest BCUT2D eigenvalue weighted by molar-refractivity contribution is 0.634. The van der Waals surface area contributed by atoms with Crippen molar-refractivity contribution in [3.63, 3.8) is 0 Å². The highest BCUT2D eigenvalue weighted by atomic mass is 15.0. The van der Waals surface area contributed by atoms with Gasteiger partial charge in [-0.3, -0.25) is 0 Å². The van der Waals surface area contributed by atoms with Gasteiger partial charge >= 0.3 is 0 Å². The molecule has 1 aromatic heterocycles. The van der Waals surface area contributed by atoms with E-state index >= 15 is 0 Å². The quantitative estimate of drug-likeness (QED) is 0.850. The molecule has 90 valence electrons. The number of nitrogens with one attached hydrogen (secondary N) is 1. The van der Waals surface area contributed by atoms with E-state index < -0.39 is 0 Å². The summed E-state index contributed by atoms with van der Waals surface area (Å²) in [5, 5.41) is 4.98. The molecule has 17 heavy (non-hydrogen) atoms. The molecular formula is C15H20N2. The highest BCUT2D eigenvalue weighted by Crippen LogP contribution is 2.24. The van der Waals surface area contributed by atoms with Gasteiger partial charge in [-0.15, -0.1) is 0 Å². The first-order chi connectivity index (χ1) is 8.29. The largest absolute Gasteiger partial charge is 0.343 e. The van der Waals surface area contributed by atoms with E-state index in [9.17, 15) is 0 Å². The summed E-state index contributed by atoms with van der Waals surface area (Å²) in [4.78, 5) is 0. The normalized spacial score (nSPS) is 15.6. The average molecular weight is 228 g/mol. The van der Waals surface area contributed by atoms with Crippen molar-refractivity contribution >= 4 is 10.9 Å². The molecule has 3 rings (SSSR count). The fraction of sp³-hybridized carbons (Fsp3) is 0.467. The molecular weight excluding hydrogens is 208 g/mol. The van der Waals surface area contributed by atoms with Crippen LogP contribution in [0.25, 0.3) is 10.9 Å². The van der Waals surface area contributed by atoms with Crippen molar-refractivity contribution in [1.82, 2.24) is 9.88 Å². The van der Waals surface area contributed by atoms with Crippen molar-refractivity contribution in [3.8, 4) is 0 Å². The molecule has 1 N–H and O–H groups in total. The van der Waals surface area contributed by atoms with Crippen LogP contribution in [0.5, 0.6) is 0 Å². The van der Waals surface area contributed by atoms with Crippen molar-refractivity contribution in [1.29, 1.82) is 0 Å². The van der Waals surface area contributed by atoms with Crippen molar-refractivity contribution < 1.29 is 0 Å². The van der Waals surface area contributed by atoms with Crippen LogP contribution in [0.4, 0.5) is 0 Å². The minimum atomic E-state index is 0.777. The molecule has 0 aliphatic heterocycles. The lowest BCUT2D eigenvalue weighted by atomic mass is 10.2. The molecule has 1 saturated carbocycles. The summed E-state index contributed by atoms with van der Waals surface area (Å²) < 4.78 is 2.44. The van der Waals surface area contributed by atoms with Crippen LogP contribution in [0.1, 0.15) is 31.0 Å². The Kier molecular flexibility index (Phi) is 2.67. The van der Waals surface area contributed by atoms with E-state index in [4.69, 9.17) is 0 Å². The fourth-order valence-corrected chi connectivity index (χ4v) is 2.61. The third kappa shape index (κ3) is 1.98. The van der Waals surface area contributed by atoms with Gasteiger partial charge in [-0.1, -0.05) is 18.2 Å². The number of nitrogens with zero attached hydrogens (tertiary/aromatic N) is 1. The first-order valence-electron chi connectivity index (χ1n) is 6.60. The van der Waals surface area contributed by atoms with Gasteiger partial charge in [0.25, 0.3) is 0 Å². The Balaban J connectivity index is 2.01. The second-order valence-electron chi connectivity index (χ2n) is 5.05. The highest BCUT2D eigenvalue weighted by molar-refractivity contribution is 5.84. The maximum absolute atomic E-state index is 3.61. The molecule has 2 heteroatoms. The molecule has 0 bridgehead atoms. The van der Waals surface area contributed by atoms with E-state index in [0.29, 0.717) is 0 Å². The zero-order valence-electron chi connectivity index (χ0n) is 10.7. The van der Waals surface area contributed by atoms with Gasteiger partial charge in [-0.2, -0.15) is 0 Å². The number of aryl methyl sites for hydroxylation is 2. The Morgan fingerprint density at radius 2 is 2.18 bits per heavy atom. The Morgan fingerprint density at radius 1 is 1.35 bits per heavy atom. The maximum atomic E-state index is 3.61. The van der Waals surface area contributed by atoms with E-state index in [1.165, 1.54) is 35.0 Å². The monoisotopic (exact) mass is 228 g/mol. The summed E-state index contributed by atoms with van der Waals surface area (Å²) >= 11 is 0. The van der Waals surface area contributed by atoms with Crippen molar-refractivity contribution in [2.24, 2.45) is 0 Å². The van der Waals surface area contributed by atoms with Crippen LogP contribution in [-0.4, -0.2) is 10.6 Å². The number of para-hydroxylation sites is 1. The van der Waals surface area contributed by atoms with Crippen molar-refractivity contribution in [2.75, 3.05) is 0 Å². The molecule has 2 aromatic rings. The summed E-state index contributed by atoms with van der Waals surface area (Å²) in [7, 11) is 0. The molecule has 1 heterocycles. The van der Waals surface area contributed by atoms with Gasteiger partial charge in [0, 0.05) is 30.2 Å². The molecule has 1 fully saturated rings. The van der Waals surface area contributed by atoms with Gasteiger partial charge in [0.2, 0.25) is 0 Å². The Hall–Kier alpha value is -1.28. The minimum absolute atomic E-state index is 0.777. The van der Waals surface area contributed by atoms with Gasteiger partial charge < -0.3 is 9.88 Å². The third-order valence-corrected chi connectivity index (χ3v) is 3.67. The van der Waals surface area contributed by atoms with E-state index in [1.807, 2.05) is 0 Å².